The average Bonchev–Trinajstić information content (AvgIpc) is 3.04. The van der Waals surface area contributed by atoms with Gasteiger partial charge in [-0.2, -0.15) is 0 Å². The fourth-order valence-electron chi connectivity index (χ4n) is 2.64. The third-order valence-electron chi connectivity index (χ3n) is 3.84. The average molecular weight is 299 g/mol. The molecule has 6 nitrogen and oxygen atoms in total. The summed E-state index contributed by atoms with van der Waals surface area (Å²) in [5.74, 6) is 1.07. The highest BCUT2D eigenvalue weighted by atomic mass is 16.5. The molecule has 0 amide bonds. The third kappa shape index (κ3) is 3.46. The van der Waals surface area contributed by atoms with E-state index in [1.54, 1.807) is 0 Å². The van der Waals surface area contributed by atoms with Crippen molar-refractivity contribution in [3.05, 3.63) is 30.5 Å². The van der Waals surface area contributed by atoms with Crippen molar-refractivity contribution in [1.82, 2.24) is 14.9 Å². The molecule has 1 saturated heterocycles. The fourth-order valence-corrected chi connectivity index (χ4v) is 2.64. The predicted molar refractivity (Wildman–Crippen MR) is 87.5 cm³/mol. The van der Waals surface area contributed by atoms with Crippen molar-refractivity contribution in [2.45, 2.75) is 12.8 Å². The Morgan fingerprint density at radius 2 is 1.82 bits per heavy atom. The SMILES string of the molecule is Nc1ncc(N)c(-c2ccc(OCCN3CCCC3)cc2)n1. The molecule has 0 aliphatic carbocycles. The molecular formula is C16H21N5O. The summed E-state index contributed by atoms with van der Waals surface area (Å²) in [5, 5.41) is 0. The van der Waals surface area contributed by atoms with Gasteiger partial charge in [0.15, 0.2) is 0 Å². The molecule has 0 atom stereocenters. The van der Waals surface area contributed by atoms with Gasteiger partial charge in [0.25, 0.3) is 0 Å². The maximum atomic E-state index is 5.89. The van der Waals surface area contributed by atoms with E-state index in [4.69, 9.17) is 16.2 Å². The van der Waals surface area contributed by atoms with Gasteiger partial charge in [0.05, 0.1) is 17.6 Å². The van der Waals surface area contributed by atoms with Gasteiger partial charge in [-0.15, -0.1) is 0 Å². The van der Waals surface area contributed by atoms with Crippen molar-refractivity contribution in [2.24, 2.45) is 0 Å². The standard InChI is InChI=1S/C16H21N5O/c17-14-11-19-16(18)20-15(14)12-3-5-13(6-4-12)22-10-9-21-7-1-2-8-21/h3-6,11H,1-2,7-10,17H2,(H2,18,19,20). The van der Waals surface area contributed by atoms with Crippen LogP contribution in [0.3, 0.4) is 0 Å². The molecule has 1 aliphatic heterocycles. The van der Waals surface area contributed by atoms with Gasteiger partial charge in [-0.3, -0.25) is 4.90 Å². The second kappa shape index (κ2) is 6.62. The molecule has 1 aliphatic rings. The Bertz CT molecular complexity index is 623. The van der Waals surface area contributed by atoms with E-state index in [0.717, 1.165) is 17.9 Å². The van der Waals surface area contributed by atoms with E-state index < -0.39 is 0 Å². The second-order valence-electron chi connectivity index (χ2n) is 5.45. The molecule has 0 saturated carbocycles. The molecule has 6 heteroatoms. The lowest BCUT2D eigenvalue weighted by Crippen LogP contribution is -2.25. The molecule has 0 radical (unpaired) electrons. The van der Waals surface area contributed by atoms with Gasteiger partial charge in [-0.25, -0.2) is 9.97 Å². The Labute approximate surface area is 130 Å². The highest BCUT2D eigenvalue weighted by Gasteiger charge is 2.11. The number of anilines is 2. The minimum Gasteiger partial charge on any atom is -0.492 e. The molecule has 1 fully saturated rings. The summed E-state index contributed by atoms with van der Waals surface area (Å²) in [6.45, 7) is 4.08. The van der Waals surface area contributed by atoms with Crippen molar-refractivity contribution in [3.63, 3.8) is 0 Å². The van der Waals surface area contributed by atoms with Crippen LogP contribution >= 0.6 is 0 Å². The number of nitrogens with two attached hydrogens (primary N) is 2. The molecule has 0 unspecified atom stereocenters. The normalized spacial score (nSPS) is 15.1. The lowest BCUT2D eigenvalue weighted by molar-refractivity contribution is 0.238. The number of nitrogen functional groups attached to an aromatic ring is 2. The van der Waals surface area contributed by atoms with Crippen LogP contribution in [0.25, 0.3) is 11.3 Å². The Morgan fingerprint density at radius 3 is 2.55 bits per heavy atom. The minimum absolute atomic E-state index is 0.218. The van der Waals surface area contributed by atoms with E-state index >= 15 is 0 Å². The molecule has 116 valence electrons. The van der Waals surface area contributed by atoms with E-state index in [-0.39, 0.29) is 5.95 Å². The number of aromatic nitrogens is 2. The van der Waals surface area contributed by atoms with Crippen LogP contribution in [0.2, 0.25) is 0 Å². The maximum Gasteiger partial charge on any atom is 0.220 e. The van der Waals surface area contributed by atoms with Crippen LogP contribution in [0.5, 0.6) is 5.75 Å². The van der Waals surface area contributed by atoms with Crippen molar-refractivity contribution in [2.75, 3.05) is 37.7 Å². The number of likely N-dealkylation sites (tertiary alicyclic amines) is 1. The number of hydrogen-bond acceptors (Lipinski definition) is 6. The van der Waals surface area contributed by atoms with Crippen molar-refractivity contribution < 1.29 is 4.74 Å². The summed E-state index contributed by atoms with van der Waals surface area (Å²) >= 11 is 0. The summed E-state index contributed by atoms with van der Waals surface area (Å²) < 4.78 is 5.78. The molecule has 2 aromatic rings. The van der Waals surface area contributed by atoms with Gasteiger partial charge in [0, 0.05) is 12.1 Å². The molecule has 0 bridgehead atoms. The summed E-state index contributed by atoms with van der Waals surface area (Å²) in [7, 11) is 0. The smallest absolute Gasteiger partial charge is 0.220 e. The van der Waals surface area contributed by atoms with Crippen LogP contribution < -0.4 is 16.2 Å². The van der Waals surface area contributed by atoms with Crippen LogP contribution in [-0.2, 0) is 0 Å². The first-order chi connectivity index (χ1) is 10.7. The van der Waals surface area contributed by atoms with Gasteiger partial charge in [0.2, 0.25) is 5.95 Å². The zero-order chi connectivity index (χ0) is 15.4. The van der Waals surface area contributed by atoms with Gasteiger partial charge in [-0.05, 0) is 50.2 Å². The zero-order valence-corrected chi connectivity index (χ0v) is 12.5. The largest absolute Gasteiger partial charge is 0.492 e. The monoisotopic (exact) mass is 299 g/mol. The van der Waals surface area contributed by atoms with E-state index in [1.165, 1.54) is 32.1 Å². The Morgan fingerprint density at radius 1 is 1.09 bits per heavy atom. The molecule has 0 spiro atoms. The first-order valence-corrected chi connectivity index (χ1v) is 7.56. The van der Waals surface area contributed by atoms with Crippen molar-refractivity contribution >= 4 is 11.6 Å². The minimum atomic E-state index is 0.218. The van der Waals surface area contributed by atoms with Gasteiger partial charge < -0.3 is 16.2 Å². The van der Waals surface area contributed by atoms with E-state index in [1.807, 2.05) is 24.3 Å². The number of benzene rings is 1. The van der Waals surface area contributed by atoms with Gasteiger partial charge >= 0.3 is 0 Å². The number of ether oxygens (including phenoxy) is 1. The summed E-state index contributed by atoms with van der Waals surface area (Å²) in [6, 6.07) is 7.72. The number of nitrogens with zero attached hydrogens (tertiary/aromatic N) is 3. The Kier molecular flexibility index (Phi) is 4.39. The van der Waals surface area contributed by atoms with E-state index in [2.05, 4.69) is 14.9 Å². The highest BCUT2D eigenvalue weighted by Crippen LogP contribution is 2.25. The molecule has 4 N–H and O–H groups in total. The second-order valence-corrected chi connectivity index (χ2v) is 5.45. The van der Waals surface area contributed by atoms with Crippen LogP contribution in [0.15, 0.2) is 30.5 Å². The highest BCUT2D eigenvalue weighted by molar-refractivity contribution is 5.72. The van der Waals surface area contributed by atoms with Crippen molar-refractivity contribution in [1.29, 1.82) is 0 Å². The van der Waals surface area contributed by atoms with Crippen LogP contribution in [-0.4, -0.2) is 41.1 Å². The maximum absolute atomic E-state index is 5.89. The molecular weight excluding hydrogens is 278 g/mol. The first-order valence-electron chi connectivity index (χ1n) is 7.56. The molecule has 3 rings (SSSR count). The quantitative estimate of drug-likeness (QED) is 0.874. The topological polar surface area (TPSA) is 90.3 Å². The molecule has 22 heavy (non-hydrogen) atoms. The lowest BCUT2D eigenvalue weighted by Gasteiger charge is -2.15. The Balaban J connectivity index is 1.61. The summed E-state index contributed by atoms with van der Waals surface area (Å²) in [5.41, 5.74) is 13.6. The summed E-state index contributed by atoms with van der Waals surface area (Å²) in [6.07, 6.45) is 4.13. The van der Waals surface area contributed by atoms with E-state index in [0.29, 0.717) is 18.0 Å². The van der Waals surface area contributed by atoms with E-state index in [9.17, 15) is 0 Å². The number of rotatable bonds is 5. The fraction of sp³-hybridized carbons (Fsp3) is 0.375. The summed E-state index contributed by atoms with van der Waals surface area (Å²) in [4.78, 5) is 10.5. The Hall–Kier alpha value is -2.34. The zero-order valence-electron chi connectivity index (χ0n) is 12.5. The predicted octanol–water partition coefficient (Wildman–Crippen LogP) is 1.78. The van der Waals surface area contributed by atoms with Crippen molar-refractivity contribution in [3.8, 4) is 17.0 Å². The van der Waals surface area contributed by atoms with Crippen LogP contribution in [0.1, 0.15) is 12.8 Å². The third-order valence-corrected chi connectivity index (χ3v) is 3.84. The molecule has 1 aromatic heterocycles. The number of hydrogen-bond donors (Lipinski definition) is 2. The lowest BCUT2D eigenvalue weighted by atomic mass is 10.1. The van der Waals surface area contributed by atoms with Crippen LogP contribution in [0.4, 0.5) is 11.6 Å². The molecule has 2 heterocycles. The first kappa shape index (κ1) is 14.6. The van der Waals surface area contributed by atoms with Crippen LogP contribution in [0, 0.1) is 0 Å². The van der Waals surface area contributed by atoms with Gasteiger partial charge in [-0.1, -0.05) is 0 Å². The molecule has 1 aromatic carbocycles. The van der Waals surface area contributed by atoms with Gasteiger partial charge in [0.1, 0.15) is 12.4 Å².